The van der Waals surface area contributed by atoms with Gasteiger partial charge in [-0.25, -0.2) is 4.98 Å². The lowest BCUT2D eigenvalue weighted by Crippen LogP contribution is -2.41. The van der Waals surface area contributed by atoms with E-state index in [0.717, 1.165) is 15.2 Å². The van der Waals surface area contributed by atoms with Gasteiger partial charge in [-0.2, -0.15) is 0 Å². The summed E-state index contributed by atoms with van der Waals surface area (Å²) in [6.45, 7) is 7.88. The SMILES string of the molecule is CC1(C)OB(C(=Cc2nc3ccccc3s2)CO)OC1(C)C. The minimum absolute atomic E-state index is 0.118. The average Bonchev–Trinajstić information content (AvgIpc) is 2.94. The van der Waals surface area contributed by atoms with Gasteiger partial charge >= 0.3 is 7.12 Å². The van der Waals surface area contributed by atoms with Crippen LogP contribution in [-0.4, -0.2) is 35.0 Å². The van der Waals surface area contributed by atoms with Crippen molar-refractivity contribution in [1.82, 2.24) is 4.98 Å². The molecule has 0 atom stereocenters. The molecule has 1 aliphatic rings. The van der Waals surface area contributed by atoms with E-state index in [9.17, 15) is 5.11 Å². The van der Waals surface area contributed by atoms with E-state index >= 15 is 0 Å². The number of hydrogen-bond acceptors (Lipinski definition) is 5. The Morgan fingerprint density at radius 2 is 1.86 bits per heavy atom. The zero-order valence-electron chi connectivity index (χ0n) is 13.3. The lowest BCUT2D eigenvalue weighted by molar-refractivity contribution is 0.00578. The van der Waals surface area contributed by atoms with Gasteiger partial charge in [-0.3, -0.25) is 0 Å². The predicted octanol–water partition coefficient (Wildman–Crippen LogP) is 3.30. The van der Waals surface area contributed by atoms with Crippen LogP contribution in [0.3, 0.4) is 0 Å². The molecule has 0 saturated carbocycles. The summed E-state index contributed by atoms with van der Waals surface area (Å²) >= 11 is 1.59. The van der Waals surface area contributed by atoms with Gasteiger partial charge in [-0.15, -0.1) is 11.3 Å². The first kappa shape index (κ1) is 15.7. The number of rotatable bonds is 3. The van der Waals surface area contributed by atoms with Crippen LogP contribution in [0.4, 0.5) is 0 Å². The van der Waals surface area contributed by atoms with Crippen LogP contribution in [0, 0.1) is 0 Å². The molecule has 1 aliphatic heterocycles. The fourth-order valence-electron chi connectivity index (χ4n) is 2.29. The van der Waals surface area contributed by atoms with Gasteiger partial charge in [0.2, 0.25) is 0 Å². The minimum atomic E-state index is -0.540. The van der Waals surface area contributed by atoms with Crippen molar-refractivity contribution >= 4 is 34.7 Å². The van der Waals surface area contributed by atoms with Gasteiger partial charge in [-0.1, -0.05) is 12.1 Å². The molecule has 116 valence electrons. The summed E-state index contributed by atoms with van der Waals surface area (Å²) in [4.78, 5) is 4.56. The second-order valence-corrected chi connectivity index (χ2v) is 7.55. The Morgan fingerprint density at radius 3 is 2.45 bits per heavy atom. The third kappa shape index (κ3) is 2.72. The molecule has 0 spiro atoms. The number of thiazole rings is 1. The Labute approximate surface area is 134 Å². The molecule has 22 heavy (non-hydrogen) atoms. The maximum atomic E-state index is 9.71. The zero-order chi connectivity index (χ0) is 16.0. The lowest BCUT2D eigenvalue weighted by atomic mass is 9.78. The number of hydrogen-bond donors (Lipinski definition) is 1. The Balaban J connectivity index is 1.91. The van der Waals surface area contributed by atoms with Crippen LogP contribution >= 0.6 is 11.3 Å². The zero-order valence-corrected chi connectivity index (χ0v) is 14.1. The highest BCUT2D eigenvalue weighted by molar-refractivity contribution is 7.19. The topological polar surface area (TPSA) is 51.6 Å². The molecule has 1 N–H and O–H groups in total. The van der Waals surface area contributed by atoms with E-state index in [2.05, 4.69) is 4.98 Å². The van der Waals surface area contributed by atoms with Crippen molar-refractivity contribution in [3.63, 3.8) is 0 Å². The highest BCUT2D eigenvalue weighted by Gasteiger charge is 2.52. The van der Waals surface area contributed by atoms with Crippen LogP contribution in [0.1, 0.15) is 32.7 Å². The van der Waals surface area contributed by atoms with E-state index < -0.39 is 18.3 Å². The van der Waals surface area contributed by atoms with E-state index in [-0.39, 0.29) is 6.61 Å². The number of benzene rings is 1. The maximum absolute atomic E-state index is 9.71. The average molecular weight is 317 g/mol. The first-order valence-corrected chi connectivity index (χ1v) is 8.16. The first-order valence-electron chi connectivity index (χ1n) is 7.35. The Kier molecular flexibility index (Phi) is 3.89. The Hall–Kier alpha value is -1.21. The molecule has 1 saturated heterocycles. The van der Waals surface area contributed by atoms with Gasteiger partial charge in [0.15, 0.2) is 0 Å². The second-order valence-electron chi connectivity index (χ2n) is 6.49. The quantitative estimate of drug-likeness (QED) is 0.883. The number of fused-ring (bicyclic) bond motifs is 1. The van der Waals surface area contributed by atoms with Gasteiger partial charge in [0.05, 0.1) is 28.0 Å². The summed E-state index contributed by atoms with van der Waals surface area (Å²) in [5.41, 5.74) is 0.821. The Morgan fingerprint density at radius 1 is 1.23 bits per heavy atom. The normalized spacial score (nSPS) is 20.8. The molecule has 2 heterocycles. The van der Waals surface area contributed by atoms with Crippen molar-refractivity contribution in [1.29, 1.82) is 0 Å². The smallest absolute Gasteiger partial charge is 0.400 e. The highest BCUT2D eigenvalue weighted by atomic mass is 32.1. The molecular weight excluding hydrogens is 297 g/mol. The van der Waals surface area contributed by atoms with E-state index in [0.29, 0.717) is 5.47 Å². The molecule has 0 radical (unpaired) electrons. The second kappa shape index (κ2) is 5.46. The predicted molar refractivity (Wildman–Crippen MR) is 90.8 cm³/mol. The van der Waals surface area contributed by atoms with Crippen molar-refractivity contribution < 1.29 is 14.4 Å². The summed E-state index contributed by atoms with van der Waals surface area (Å²) in [5, 5.41) is 10.6. The van der Waals surface area contributed by atoms with Crippen molar-refractivity contribution in [3.8, 4) is 0 Å². The molecule has 0 amide bonds. The molecule has 4 nitrogen and oxygen atoms in total. The molecular formula is C16H20BNO3S. The van der Waals surface area contributed by atoms with Crippen LogP contribution in [0.15, 0.2) is 29.7 Å². The molecule has 0 bridgehead atoms. The number of aliphatic hydroxyl groups is 1. The van der Waals surface area contributed by atoms with E-state index in [1.165, 1.54) is 0 Å². The number of aliphatic hydroxyl groups excluding tert-OH is 1. The third-order valence-electron chi connectivity index (χ3n) is 4.36. The summed E-state index contributed by atoms with van der Waals surface area (Å²) in [6, 6.07) is 7.99. The minimum Gasteiger partial charge on any atom is -0.400 e. The van der Waals surface area contributed by atoms with Crippen molar-refractivity contribution in [2.75, 3.05) is 6.61 Å². The van der Waals surface area contributed by atoms with Crippen LogP contribution in [0.25, 0.3) is 16.3 Å². The van der Waals surface area contributed by atoms with Gasteiger partial charge in [0.1, 0.15) is 5.01 Å². The molecule has 1 aromatic heterocycles. The summed E-state index contributed by atoms with van der Waals surface area (Å²) in [5.74, 6) is 0. The number of aromatic nitrogens is 1. The molecule has 0 aliphatic carbocycles. The molecule has 2 aromatic rings. The first-order chi connectivity index (χ1) is 10.3. The molecule has 1 fully saturated rings. The van der Waals surface area contributed by atoms with Crippen LogP contribution in [0.5, 0.6) is 0 Å². The summed E-state index contributed by atoms with van der Waals surface area (Å²) in [6.07, 6.45) is 1.87. The highest BCUT2D eigenvalue weighted by Crippen LogP contribution is 2.39. The van der Waals surface area contributed by atoms with Gasteiger partial charge in [0.25, 0.3) is 0 Å². The van der Waals surface area contributed by atoms with Crippen molar-refractivity contribution in [2.45, 2.75) is 38.9 Å². The largest absolute Gasteiger partial charge is 0.493 e. The standard InChI is InChI=1S/C16H20BNO3S/c1-15(2)16(3,4)21-17(20-15)11(10-19)9-14-18-12-7-5-6-8-13(12)22-14/h5-9,19H,10H2,1-4H3. The molecule has 0 unspecified atom stereocenters. The van der Waals surface area contributed by atoms with E-state index in [1.54, 1.807) is 11.3 Å². The van der Waals surface area contributed by atoms with Crippen LogP contribution < -0.4 is 0 Å². The monoisotopic (exact) mass is 317 g/mol. The molecule has 1 aromatic carbocycles. The van der Waals surface area contributed by atoms with Crippen LogP contribution in [0.2, 0.25) is 0 Å². The lowest BCUT2D eigenvalue weighted by Gasteiger charge is -2.32. The van der Waals surface area contributed by atoms with Gasteiger partial charge < -0.3 is 14.4 Å². The van der Waals surface area contributed by atoms with Gasteiger partial charge in [-0.05, 0) is 51.4 Å². The van der Waals surface area contributed by atoms with Gasteiger partial charge in [0, 0.05) is 0 Å². The maximum Gasteiger partial charge on any atom is 0.493 e. The number of nitrogens with zero attached hydrogens (tertiary/aromatic N) is 1. The fourth-order valence-corrected chi connectivity index (χ4v) is 3.24. The third-order valence-corrected chi connectivity index (χ3v) is 5.34. The van der Waals surface area contributed by atoms with Crippen LogP contribution in [-0.2, 0) is 9.31 Å². The fraction of sp³-hybridized carbons (Fsp3) is 0.438. The van der Waals surface area contributed by atoms with Crippen molar-refractivity contribution in [2.24, 2.45) is 0 Å². The molecule has 6 heteroatoms. The summed E-state index contributed by atoms with van der Waals surface area (Å²) < 4.78 is 13.1. The molecule has 3 rings (SSSR count). The summed E-state index contributed by atoms with van der Waals surface area (Å²) in [7, 11) is -0.540. The van der Waals surface area contributed by atoms with E-state index in [1.807, 2.05) is 58.0 Å². The number of para-hydroxylation sites is 1. The Bertz CT molecular complexity index is 674. The van der Waals surface area contributed by atoms with Crippen molar-refractivity contribution in [3.05, 3.63) is 34.7 Å². The van der Waals surface area contributed by atoms with E-state index in [4.69, 9.17) is 9.31 Å².